The molecule has 1 saturated heterocycles. The number of likely N-dealkylation sites (tertiary alicyclic amines) is 1. The highest BCUT2D eigenvalue weighted by molar-refractivity contribution is 7.10. The van der Waals surface area contributed by atoms with Crippen LogP contribution in [0.15, 0.2) is 34.1 Å². The fourth-order valence-electron chi connectivity index (χ4n) is 3.13. The second-order valence-corrected chi connectivity index (χ2v) is 6.84. The largest absolute Gasteiger partial charge is 0.433 e. The average molecular weight is 386 g/mol. The van der Waals surface area contributed by atoms with Crippen molar-refractivity contribution in [2.75, 3.05) is 13.1 Å². The monoisotopic (exact) mass is 385 g/mol. The Morgan fingerprint density at radius 3 is 2.64 bits per heavy atom. The van der Waals surface area contributed by atoms with Crippen LogP contribution in [0, 0.1) is 10.1 Å². The highest BCUT2D eigenvalue weighted by Gasteiger charge is 2.31. The number of rotatable bonds is 6. The predicted octanol–water partition coefficient (Wildman–Crippen LogP) is 3.63. The number of hydrogen-bond acceptors (Lipinski definition) is 6. The molecule has 2 aromatic heterocycles. The third-order valence-corrected chi connectivity index (χ3v) is 5.14. The van der Waals surface area contributed by atoms with Crippen molar-refractivity contribution < 1.29 is 14.1 Å². The van der Waals surface area contributed by atoms with Gasteiger partial charge in [0.05, 0.1) is 12.1 Å². The second-order valence-electron chi connectivity index (χ2n) is 5.86. The van der Waals surface area contributed by atoms with Gasteiger partial charge in [-0.1, -0.05) is 6.07 Å². The third-order valence-electron chi connectivity index (χ3n) is 4.20. The van der Waals surface area contributed by atoms with E-state index in [1.165, 1.54) is 17.0 Å². The number of thiophene rings is 1. The summed E-state index contributed by atoms with van der Waals surface area (Å²) in [7, 11) is 0. The molecule has 9 heteroatoms. The van der Waals surface area contributed by atoms with E-state index in [4.69, 9.17) is 4.42 Å². The van der Waals surface area contributed by atoms with Gasteiger partial charge in [0.2, 0.25) is 0 Å². The number of nitrogens with one attached hydrogen (secondary N) is 1. The Bertz CT molecular complexity index is 713. The molecule has 1 aliphatic rings. The number of amides is 1. The zero-order valence-corrected chi connectivity index (χ0v) is 15.3. The normalized spacial score (nSPS) is 16.8. The molecule has 0 aromatic carbocycles. The van der Waals surface area contributed by atoms with Crippen molar-refractivity contribution in [3.63, 3.8) is 0 Å². The Morgan fingerprint density at radius 1 is 1.36 bits per heavy atom. The van der Waals surface area contributed by atoms with Crippen molar-refractivity contribution in [2.24, 2.45) is 0 Å². The average Bonchev–Trinajstić information content (AvgIpc) is 3.30. The first-order valence-corrected chi connectivity index (χ1v) is 8.77. The molecular formula is C16H20ClN3O4S. The lowest BCUT2D eigenvalue weighted by atomic mass is 10.1. The van der Waals surface area contributed by atoms with E-state index in [0.29, 0.717) is 0 Å². The van der Waals surface area contributed by atoms with E-state index in [1.54, 1.807) is 11.3 Å². The minimum atomic E-state index is -0.654. The Kier molecular flexibility index (Phi) is 6.57. The van der Waals surface area contributed by atoms with E-state index < -0.39 is 16.7 Å². The maximum atomic E-state index is 12.3. The summed E-state index contributed by atoms with van der Waals surface area (Å²) in [6.07, 6.45) is 2.32. The zero-order chi connectivity index (χ0) is 17.1. The molecule has 0 saturated carbocycles. The van der Waals surface area contributed by atoms with Gasteiger partial charge in [-0.05, 0) is 50.4 Å². The van der Waals surface area contributed by atoms with Crippen molar-refractivity contribution in [3.05, 3.63) is 50.4 Å². The molecule has 0 bridgehead atoms. The minimum Gasteiger partial charge on any atom is -0.395 e. The highest BCUT2D eigenvalue weighted by Crippen LogP contribution is 2.31. The van der Waals surface area contributed by atoms with Crippen LogP contribution < -0.4 is 5.32 Å². The summed E-state index contributed by atoms with van der Waals surface area (Å²) in [6.45, 7) is 3.97. The van der Waals surface area contributed by atoms with Gasteiger partial charge in [0, 0.05) is 10.9 Å². The first kappa shape index (κ1) is 19.4. The summed E-state index contributed by atoms with van der Waals surface area (Å²) in [5.74, 6) is -0.904. The van der Waals surface area contributed by atoms with Gasteiger partial charge in [0.1, 0.15) is 4.92 Å². The molecule has 2 aromatic rings. The summed E-state index contributed by atoms with van der Waals surface area (Å²) in [5.41, 5.74) is 0. The van der Waals surface area contributed by atoms with E-state index in [1.807, 2.05) is 18.4 Å². The fourth-order valence-corrected chi connectivity index (χ4v) is 4.09. The van der Waals surface area contributed by atoms with Crippen LogP contribution in [0.4, 0.5) is 5.88 Å². The number of carbonyl (C=O) groups excluding carboxylic acids is 1. The summed E-state index contributed by atoms with van der Waals surface area (Å²) < 4.78 is 4.98. The fraction of sp³-hybridized carbons (Fsp3) is 0.438. The molecule has 0 radical (unpaired) electrons. The zero-order valence-electron chi connectivity index (χ0n) is 13.7. The summed E-state index contributed by atoms with van der Waals surface area (Å²) in [6, 6.07) is 6.56. The molecule has 0 spiro atoms. The smallest absolute Gasteiger partial charge is 0.395 e. The van der Waals surface area contributed by atoms with Crippen molar-refractivity contribution in [1.29, 1.82) is 0 Å². The van der Waals surface area contributed by atoms with Gasteiger partial charge < -0.3 is 9.73 Å². The second kappa shape index (κ2) is 8.46. The number of hydrogen-bond donors (Lipinski definition) is 1. The van der Waals surface area contributed by atoms with Crippen LogP contribution in [-0.2, 0) is 0 Å². The number of furan rings is 1. The van der Waals surface area contributed by atoms with E-state index in [0.717, 1.165) is 25.9 Å². The molecule has 1 fully saturated rings. The standard InChI is InChI=1S/C16H19N3O4S.ClH/c1-11(17-16(20)12-6-7-14(23-12)19(21)22)15(13-5-4-10-24-13)18-8-2-3-9-18;/h4-7,10-11,15H,2-3,8-9H2,1H3,(H,17,20);1H. The number of carbonyl (C=O) groups is 1. The van der Waals surface area contributed by atoms with Gasteiger partial charge in [0.15, 0.2) is 5.76 Å². The summed E-state index contributed by atoms with van der Waals surface area (Å²) >= 11 is 1.67. The molecule has 25 heavy (non-hydrogen) atoms. The van der Waals surface area contributed by atoms with Crippen LogP contribution in [0.3, 0.4) is 0 Å². The van der Waals surface area contributed by atoms with Crippen LogP contribution in [0.1, 0.15) is 41.2 Å². The number of nitro groups is 1. The van der Waals surface area contributed by atoms with E-state index in [2.05, 4.69) is 16.3 Å². The van der Waals surface area contributed by atoms with E-state index in [-0.39, 0.29) is 30.3 Å². The topological polar surface area (TPSA) is 88.6 Å². The molecule has 1 amide bonds. The molecule has 7 nitrogen and oxygen atoms in total. The highest BCUT2D eigenvalue weighted by atomic mass is 35.5. The molecule has 2 unspecified atom stereocenters. The number of nitrogens with zero attached hydrogens (tertiary/aromatic N) is 2. The quantitative estimate of drug-likeness (QED) is 0.605. The van der Waals surface area contributed by atoms with Gasteiger partial charge in [-0.15, -0.1) is 23.7 Å². The van der Waals surface area contributed by atoms with E-state index in [9.17, 15) is 14.9 Å². The molecule has 1 aliphatic heterocycles. The first-order chi connectivity index (χ1) is 11.6. The summed E-state index contributed by atoms with van der Waals surface area (Å²) in [5, 5.41) is 15.6. The Hall–Kier alpha value is -1.90. The first-order valence-electron chi connectivity index (χ1n) is 7.89. The lowest BCUT2D eigenvalue weighted by Gasteiger charge is -2.32. The van der Waals surface area contributed by atoms with Crippen LogP contribution >= 0.6 is 23.7 Å². The van der Waals surface area contributed by atoms with Crippen molar-refractivity contribution >= 4 is 35.5 Å². The lowest BCUT2D eigenvalue weighted by molar-refractivity contribution is -0.402. The molecule has 3 heterocycles. The lowest BCUT2D eigenvalue weighted by Crippen LogP contribution is -2.43. The van der Waals surface area contributed by atoms with Gasteiger partial charge in [-0.2, -0.15) is 0 Å². The molecule has 3 rings (SSSR count). The third kappa shape index (κ3) is 4.39. The molecular weight excluding hydrogens is 366 g/mol. The van der Waals surface area contributed by atoms with Gasteiger partial charge in [-0.25, -0.2) is 0 Å². The van der Waals surface area contributed by atoms with E-state index >= 15 is 0 Å². The van der Waals surface area contributed by atoms with Crippen molar-refractivity contribution in [3.8, 4) is 0 Å². The SMILES string of the molecule is CC(NC(=O)c1ccc([N+](=O)[O-])o1)C(c1cccs1)N1CCCC1.Cl. The Labute approximate surface area is 155 Å². The predicted molar refractivity (Wildman–Crippen MR) is 97.4 cm³/mol. The minimum absolute atomic E-state index is 0. The molecule has 0 aliphatic carbocycles. The molecule has 1 N–H and O–H groups in total. The van der Waals surface area contributed by atoms with Crippen LogP contribution in [-0.4, -0.2) is 34.9 Å². The number of halogens is 1. The Balaban J connectivity index is 0.00000225. The van der Waals surface area contributed by atoms with Gasteiger partial charge in [-0.3, -0.25) is 19.8 Å². The molecule has 136 valence electrons. The molecule has 2 atom stereocenters. The van der Waals surface area contributed by atoms with Gasteiger partial charge in [0.25, 0.3) is 5.91 Å². The van der Waals surface area contributed by atoms with Gasteiger partial charge >= 0.3 is 5.88 Å². The van der Waals surface area contributed by atoms with Crippen LogP contribution in [0.5, 0.6) is 0 Å². The van der Waals surface area contributed by atoms with Crippen LogP contribution in [0.25, 0.3) is 0 Å². The van der Waals surface area contributed by atoms with Crippen molar-refractivity contribution in [2.45, 2.75) is 31.8 Å². The van der Waals surface area contributed by atoms with Crippen molar-refractivity contribution in [1.82, 2.24) is 10.2 Å². The Morgan fingerprint density at radius 2 is 2.08 bits per heavy atom. The maximum absolute atomic E-state index is 12.3. The summed E-state index contributed by atoms with van der Waals surface area (Å²) in [4.78, 5) is 25.9. The van der Waals surface area contributed by atoms with Crippen LogP contribution in [0.2, 0.25) is 0 Å². The maximum Gasteiger partial charge on any atom is 0.433 e.